The van der Waals surface area contributed by atoms with Crippen molar-refractivity contribution in [3.05, 3.63) is 83.0 Å². The lowest BCUT2D eigenvalue weighted by atomic mass is 10.1. The summed E-state index contributed by atoms with van der Waals surface area (Å²) in [5.41, 5.74) is 4.46. The fourth-order valence-electron chi connectivity index (χ4n) is 3.57. The quantitative estimate of drug-likeness (QED) is 0.178. The predicted octanol–water partition coefficient (Wildman–Crippen LogP) is 7.37. The van der Waals surface area contributed by atoms with Crippen LogP contribution in [0, 0.1) is 24.8 Å². The molecule has 0 aliphatic heterocycles. The summed E-state index contributed by atoms with van der Waals surface area (Å²) in [4.78, 5) is 3.30. The maximum Gasteiger partial charge on any atom is 0.262 e. The van der Waals surface area contributed by atoms with Gasteiger partial charge >= 0.3 is 0 Å². The van der Waals surface area contributed by atoms with Gasteiger partial charge in [0.1, 0.15) is 5.75 Å². The highest BCUT2D eigenvalue weighted by Crippen LogP contribution is 2.28. The van der Waals surface area contributed by atoms with Crippen LogP contribution in [0.1, 0.15) is 56.6 Å². The number of nitrogens with zero attached hydrogens (tertiary/aromatic N) is 4. The van der Waals surface area contributed by atoms with Crippen molar-refractivity contribution in [1.29, 1.82) is 5.26 Å². The third-order valence-corrected chi connectivity index (χ3v) is 5.46. The standard InChI is InChI=1S/C28H30N4O/c1-4-5-6-7-8-9-18-33-27-16-12-23(13-17-27)28-24(19-25(20-29)30-3)21-32(31-28)26-14-10-22(2)11-15-26/h10-17,19,21H,4-9,18H2,1-2H3/b25-19+. The summed E-state index contributed by atoms with van der Waals surface area (Å²) < 4.78 is 7.68. The molecule has 1 heterocycles. The topological polar surface area (TPSA) is 55.2 Å². The molecule has 0 aliphatic carbocycles. The van der Waals surface area contributed by atoms with Gasteiger partial charge in [-0.3, -0.25) is 0 Å². The zero-order chi connectivity index (χ0) is 23.5. The molecular weight excluding hydrogens is 408 g/mol. The van der Waals surface area contributed by atoms with E-state index in [2.05, 4.69) is 11.8 Å². The molecule has 5 heteroatoms. The second-order valence-electron chi connectivity index (χ2n) is 8.11. The zero-order valence-corrected chi connectivity index (χ0v) is 19.4. The Morgan fingerprint density at radius 3 is 2.42 bits per heavy atom. The molecule has 5 nitrogen and oxygen atoms in total. The van der Waals surface area contributed by atoms with Crippen molar-refractivity contribution in [2.45, 2.75) is 52.4 Å². The molecule has 0 atom stereocenters. The van der Waals surface area contributed by atoms with Crippen LogP contribution >= 0.6 is 0 Å². The van der Waals surface area contributed by atoms with E-state index in [0.717, 1.165) is 41.3 Å². The number of ether oxygens (including phenoxy) is 1. The van der Waals surface area contributed by atoms with Gasteiger partial charge in [0.25, 0.3) is 5.70 Å². The minimum atomic E-state index is 0.0265. The Labute approximate surface area is 196 Å². The fourth-order valence-corrected chi connectivity index (χ4v) is 3.57. The number of nitriles is 1. The molecule has 2 aromatic carbocycles. The van der Waals surface area contributed by atoms with Gasteiger partial charge in [-0.1, -0.05) is 56.7 Å². The molecule has 168 valence electrons. The van der Waals surface area contributed by atoms with Crippen LogP contribution in [-0.4, -0.2) is 16.4 Å². The van der Waals surface area contributed by atoms with E-state index in [0.29, 0.717) is 0 Å². The Morgan fingerprint density at radius 1 is 1.06 bits per heavy atom. The van der Waals surface area contributed by atoms with Gasteiger partial charge in [0.2, 0.25) is 0 Å². The largest absolute Gasteiger partial charge is 0.494 e. The highest BCUT2D eigenvalue weighted by Gasteiger charge is 2.12. The van der Waals surface area contributed by atoms with Crippen LogP contribution in [0.25, 0.3) is 27.9 Å². The van der Waals surface area contributed by atoms with Gasteiger partial charge in [0.15, 0.2) is 0 Å². The number of rotatable bonds is 11. The van der Waals surface area contributed by atoms with Crippen LogP contribution in [0.4, 0.5) is 0 Å². The average Bonchev–Trinajstić information content (AvgIpc) is 3.26. The lowest BCUT2D eigenvalue weighted by molar-refractivity contribution is 0.304. The second kappa shape index (κ2) is 12.3. The summed E-state index contributed by atoms with van der Waals surface area (Å²) >= 11 is 0. The van der Waals surface area contributed by atoms with Crippen molar-refractivity contribution < 1.29 is 4.74 Å². The Morgan fingerprint density at radius 2 is 1.76 bits per heavy atom. The molecular formula is C28H30N4O. The smallest absolute Gasteiger partial charge is 0.262 e. The normalized spacial score (nSPS) is 11.1. The van der Waals surface area contributed by atoms with Gasteiger partial charge < -0.3 is 4.74 Å². The Hall–Kier alpha value is -3.83. The molecule has 0 aliphatic rings. The van der Waals surface area contributed by atoms with E-state index in [9.17, 15) is 5.26 Å². The number of unbranched alkanes of at least 4 members (excludes halogenated alkanes) is 5. The van der Waals surface area contributed by atoms with Crippen molar-refractivity contribution in [1.82, 2.24) is 9.78 Å². The first-order chi connectivity index (χ1) is 16.1. The molecule has 3 aromatic rings. The third kappa shape index (κ3) is 6.82. The third-order valence-electron chi connectivity index (χ3n) is 5.46. The molecule has 0 fully saturated rings. The molecule has 33 heavy (non-hydrogen) atoms. The average molecular weight is 439 g/mol. The van der Waals surface area contributed by atoms with Crippen molar-refractivity contribution in [2.75, 3.05) is 6.61 Å². The molecule has 0 radical (unpaired) electrons. The minimum Gasteiger partial charge on any atom is -0.494 e. The van der Waals surface area contributed by atoms with Crippen molar-refractivity contribution in [2.24, 2.45) is 0 Å². The van der Waals surface area contributed by atoms with Crippen molar-refractivity contribution in [3.63, 3.8) is 0 Å². The van der Waals surface area contributed by atoms with Crippen LogP contribution in [-0.2, 0) is 0 Å². The first-order valence-electron chi connectivity index (χ1n) is 11.5. The van der Waals surface area contributed by atoms with E-state index in [4.69, 9.17) is 16.4 Å². The summed E-state index contributed by atoms with van der Waals surface area (Å²) in [5.74, 6) is 0.834. The summed E-state index contributed by atoms with van der Waals surface area (Å²) in [6, 6.07) is 17.8. The second-order valence-corrected chi connectivity index (χ2v) is 8.11. The molecule has 0 amide bonds. The van der Waals surface area contributed by atoms with Gasteiger partial charge in [0, 0.05) is 17.3 Å². The van der Waals surface area contributed by atoms with Gasteiger partial charge in [0.05, 0.1) is 30.6 Å². The maximum atomic E-state index is 9.23. The monoisotopic (exact) mass is 438 g/mol. The van der Waals surface area contributed by atoms with E-state index in [1.165, 1.54) is 37.7 Å². The van der Waals surface area contributed by atoms with Gasteiger partial charge in [-0.05, 0) is 55.8 Å². The van der Waals surface area contributed by atoms with Crippen LogP contribution in [0.15, 0.2) is 60.4 Å². The SMILES string of the molecule is [C-]#[N+]/C(C#N)=C/c1cn(-c2ccc(C)cc2)nc1-c1ccc(OCCCCCCCC)cc1. The molecule has 3 rings (SSSR count). The summed E-state index contributed by atoms with van der Waals surface area (Å²) in [6.45, 7) is 12.2. The zero-order valence-electron chi connectivity index (χ0n) is 19.4. The molecule has 0 spiro atoms. The fraction of sp³-hybridized carbons (Fsp3) is 0.321. The lowest BCUT2D eigenvalue weighted by Crippen LogP contribution is -1.97. The van der Waals surface area contributed by atoms with Gasteiger partial charge in [-0.2, -0.15) is 5.10 Å². The maximum absolute atomic E-state index is 9.23. The molecule has 0 unspecified atom stereocenters. The Kier molecular flexibility index (Phi) is 8.86. The van der Waals surface area contributed by atoms with Gasteiger partial charge in [-0.25, -0.2) is 14.8 Å². The summed E-state index contributed by atoms with van der Waals surface area (Å²) in [5, 5.41) is 14.0. The number of hydrogen-bond donors (Lipinski definition) is 0. The van der Waals surface area contributed by atoms with Gasteiger partial charge in [-0.15, -0.1) is 0 Å². The van der Waals surface area contributed by atoms with Crippen LogP contribution in [0.5, 0.6) is 5.75 Å². The highest BCUT2D eigenvalue weighted by atomic mass is 16.5. The minimum absolute atomic E-state index is 0.0265. The van der Waals surface area contributed by atoms with E-state index in [-0.39, 0.29) is 5.70 Å². The van der Waals surface area contributed by atoms with E-state index >= 15 is 0 Å². The highest BCUT2D eigenvalue weighted by molar-refractivity contribution is 5.75. The van der Waals surface area contributed by atoms with Crippen molar-refractivity contribution >= 4 is 6.08 Å². The summed E-state index contributed by atoms with van der Waals surface area (Å²) in [6.07, 6.45) is 10.9. The Bertz CT molecular complexity index is 1130. The van der Waals surface area contributed by atoms with Crippen molar-refractivity contribution in [3.8, 4) is 28.8 Å². The van der Waals surface area contributed by atoms with E-state index in [1.807, 2.05) is 67.7 Å². The molecule has 0 N–H and O–H groups in total. The number of aryl methyl sites for hydroxylation is 1. The van der Waals surface area contributed by atoms with Crippen LogP contribution < -0.4 is 4.74 Å². The van der Waals surface area contributed by atoms with E-state index in [1.54, 1.807) is 10.8 Å². The molecule has 0 bridgehead atoms. The first kappa shape index (κ1) is 23.8. The molecule has 1 aromatic heterocycles. The lowest BCUT2D eigenvalue weighted by Gasteiger charge is -2.07. The van der Waals surface area contributed by atoms with E-state index < -0.39 is 0 Å². The number of benzene rings is 2. The molecule has 0 saturated heterocycles. The summed E-state index contributed by atoms with van der Waals surface area (Å²) in [7, 11) is 0. The van der Waals surface area contributed by atoms with Crippen LogP contribution in [0.2, 0.25) is 0 Å². The van der Waals surface area contributed by atoms with Crippen LogP contribution in [0.3, 0.4) is 0 Å². The first-order valence-corrected chi connectivity index (χ1v) is 11.5. The Balaban J connectivity index is 1.77. The number of allylic oxidation sites excluding steroid dienone is 1. The molecule has 0 saturated carbocycles. The number of hydrogen-bond acceptors (Lipinski definition) is 3. The number of aromatic nitrogens is 2. The predicted molar refractivity (Wildman–Crippen MR) is 133 cm³/mol.